The number of hydrazine groups is 1. The van der Waals surface area contributed by atoms with E-state index in [2.05, 4.69) is 0 Å². The van der Waals surface area contributed by atoms with E-state index in [0.29, 0.717) is 11.1 Å². The molecule has 0 radical (unpaired) electrons. The lowest BCUT2D eigenvalue weighted by atomic mass is 10.00. The van der Waals surface area contributed by atoms with E-state index in [1.807, 2.05) is 48.5 Å². The zero-order chi connectivity index (χ0) is 16.2. The molecule has 1 aromatic heterocycles. The van der Waals surface area contributed by atoms with Crippen LogP contribution in [-0.2, 0) is 5.72 Å². The van der Waals surface area contributed by atoms with Crippen LogP contribution < -0.4 is 0 Å². The molecule has 3 aromatic rings. The second-order valence-corrected chi connectivity index (χ2v) is 6.91. The van der Waals surface area contributed by atoms with Crippen LogP contribution in [0.5, 0.6) is 0 Å². The number of hydrogen-bond donors (Lipinski definition) is 1. The van der Waals surface area contributed by atoms with E-state index in [1.54, 1.807) is 25.2 Å². The lowest BCUT2D eigenvalue weighted by molar-refractivity contribution is -0.134. The Balaban J connectivity index is 2.00. The summed E-state index contributed by atoms with van der Waals surface area (Å²) in [7, 11) is 3.53. The first-order chi connectivity index (χ1) is 11.0. The van der Waals surface area contributed by atoms with Gasteiger partial charge in [-0.05, 0) is 23.6 Å². The highest BCUT2D eigenvalue weighted by Gasteiger charge is 2.52. The Kier molecular flexibility index (Phi) is 3.06. The van der Waals surface area contributed by atoms with Crippen molar-refractivity contribution in [3.05, 3.63) is 70.6 Å². The van der Waals surface area contributed by atoms with Crippen molar-refractivity contribution in [1.29, 1.82) is 0 Å². The molecule has 1 aliphatic heterocycles. The number of carbonyl (C=O) groups is 1. The van der Waals surface area contributed by atoms with Gasteiger partial charge in [-0.15, -0.1) is 11.3 Å². The fraction of sp³-hybridized carbons (Fsp3) is 0.167. The van der Waals surface area contributed by atoms with Gasteiger partial charge in [-0.25, -0.2) is 10.0 Å². The standard InChI is InChI=1S/C18H16N2O2S/c1-19(2)20-17(21)13-8-4-5-9-14(13)18(20,22)16-11-12-7-3-6-10-15(12)23-16/h3-11,22H,1-2H3. The van der Waals surface area contributed by atoms with Gasteiger partial charge in [-0.2, -0.15) is 0 Å². The van der Waals surface area contributed by atoms with Crippen LogP contribution in [-0.4, -0.2) is 35.1 Å². The molecule has 4 nitrogen and oxygen atoms in total. The number of thiophene rings is 1. The predicted octanol–water partition coefficient (Wildman–Crippen LogP) is 3.03. The smallest absolute Gasteiger partial charge is 0.271 e. The molecule has 1 amide bonds. The fourth-order valence-electron chi connectivity index (χ4n) is 3.21. The van der Waals surface area contributed by atoms with E-state index in [0.717, 1.165) is 15.0 Å². The van der Waals surface area contributed by atoms with Crippen molar-refractivity contribution in [3.63, 3.8) is 0 Å². The SMILES string of the molecule is CN(C)N1C(=O)c2ccccc2C1(O)c1cc2ccccc2s1. The minimum absolute atomic E-state index is 0.189. The molecule has 0 saturated carbocycles. The van der Waals surface area contributed by atoms with E-state index < -0.39 is 5.72 Å². The van der Waals surface area contributed by atoms with Crippen molar-refractivity contribution >= 4 is 27.3 Å². The van der Waals surface area contributed by atoms with Gasteiger partial charge >= 0.3 is 0 Å². The number of carbonyl (C=O) groups excluding carboxylic acids is 1. The summed E-state index contributed by atoms with van der Waals surface area (Å²) in [6, 6.07) is 17.2. The van der Waals surface area contributed by atoms with Crippen LogP contribution in [0.2, 0.25) is 0 Å². The first-order valence-corrected chi connectivity index (χ1v) is 8.18. The first-order valence-electron chi connectivity index (χ1n) is 7.36. The zero-order valence-electron chi connectivity index (χ0n) is 12.9. The quantitative estimate of drug-likeness (QED) is 0.788. The summed E-state index contributed by atoms with van der Waals surface area (Å²) in [5.74, 6) is -0.189. The summed E-state index contributed by atoms with van der Waals surface area (Å²) in [4.78, 5) is 13.5. The van der Waals surface area contributed by atoms with Gasteiger partial charge in [0.05, 0.1) is 4.88 Å². The molecule has 0 fully saturated rings. The number of nitrogens with zero attached hydrogens (tertiary/aromatic N) is 2. The monoisotopic (exact) mass is 324 g/mol. The molecule has 1 N–H and O–H groups in total. The van der Waals surface area contributed by atoms with Crippen molar-refractivity contribution in [2.45, 2.75) is 5.72 Å². The molecule has 116 valence electrons. The fourth-order valence-corrected chi connectivity index (χ4v) is 4.36. The maximum Gasteiger partial charge on any atom is 0.271 e. The normalized spacial score (nSPS) is 20.5. The molecule has 2 heterocycles. The third kappa shape index (κ3) is 1.88. The molecule has 0 saturated heterocycles. The van der Waals surface area contributed by atoms with Crippen LogP contribution in [0.3, 0.4) is 0 Å². The summed E-state index contributed by atoms with van der Waals surface area (Å²) < 4.78 is 1.09. The Morgan fingerprint density at radius 1 is 1.09 bits per heavy atom. The summed E-state index contributed by atoms with van der Waals surface area (Å²) in [5.41, 5.74) is -0.299. The van der Waals surface area contributed by atoms with Crippen molar-refractivity contribution in [1.82, 2.24) is 10.0 Å². The molecule has 0 aliphatic carbocycles. The van der Waals surface area contributed by atoms with Crippen LogP contribution in [0.1, 0.15) is 20.8 Å². The van der Waals surface area contributed by atoms with Crippen molar-refractivity contribution < 1.29 is 9.90 Å². The summed E-state index contributed by atoms with van der Waals surface area (Å²) in [6.07, 6.45) is 0. The van der Waals surface area contributed by atoms with Crippen molar-refractivity contribution in [2.75, 3.05) is 14.1 Å². The maximum absolute atomic E-state index is 12.8. The Labute approximate surface area is 138 Å². The molecular formula is C18H16N2O2S. The minimum Gasteiger partial charge on any atom is -0.361 e. The molecule has 23 heavy (non-hydrogen) atoms. The van der Waals surface area contributed by atoms with E-state index in [1.165, 1.54) is 16.3 Å². The Morgan fingerprint density at radius 2 is 1.78 bits per heavy atom. The van der Waals surface area contributed by atoms with Gasteiger partial charge < -0.3 is 5.11 Å². The zero-order valence-corrected chi connectivity index (χ0v) is 13.7. The molecule has 1 aliphatic rings. The highest BCUT2D eigenvalue weighted by molar-refractivity contribution is 7.19. The molecule has 5 heteroatoms. The summed E-state index contributed by atoms with van der Waals surface area (Å²) in [6.45, 7) is 0. The molecular weight excluding hydrogens is 308 g/mol. The Morgan fingerprint density at radius 3 is 2.52 bits per heavy atom. The Hall–Kier alpha value is -2.21. The van der Waals surface area contributed by atoms with Crippen molar-refractivity contribution in [3.8, 4) is 0 Å². The van der Waals surface area contributed by atoms with E-state index >= 15 is 0 Å². The van der Waals surface area contributed by atoms with E-state index in [9.17, 15) is 9.90 Å². The highest BCUT2D eigenvalue weighted by atomic mass is 32.1. The van der Waals surface area contributed by atoms with Crippen LogP contribution >= 0.6 is 11.3 Å². The first kappa shape index (κ1) is 14.4. The van der Waals surface area contributed by atoms with Gasteiger partial charge in [0.1, 0.15) is 0 Å². The average molecular weight is 324 g/mol. The van der Waals surface area contributed by atoms with Gasteiger partial charge in [-0.1, -0.05) is 36.4 Å². The van der Waals surface area contributed by atoms with E-state index in [-0.39, 0.29) is 5.91 Å². The van der Waals surface area contributed by atoms with Gasteiger partial charge in [-0.3, -0.25) is 4.79 Å². The van der Waals surface area contributed by atoms with Crippen LogP contribution in [0.15, 0.2) is 54.6 Å². The third-order valence-electron chi connectivity index (χ3n) is 4.20. The number of hydrogen-bond acceptors (Lipinski definition) is 4. The summed E-state index contributed by atoms with van der Waals surface area (Å²) in [5, 5.41) is 15.7. The summed E-state index contributed by atoms with van der Waals surface area (Å²) >= 11 is 1.51. The molecule has 0 bridgehead atoms. The lowest BCUT2D eigenvalue weighted by Crippen LogP contribution is -2.51. The Bertz CT molecular complexity index is 885. The predicted molar refractivity (Wildman–Crippen MR) is 91.1 cm³/mol. The number of rotatable bonds is 2. The number of aliphatic hydroxyl groups is 1. The largest absolute Gasteiger partial charge is 0.361 e. The van der Waals surface area contributed by atoms with Gasteiger partial charge in [0.2, 0.25) is 5.72 Å². The number of amides is 1. The molecule has 2 aromatic carbocycles. The second kappa shape index (κ2) is 4.89. The van der Waals surface area contributed by atoms with Gasteiger partial charge in [0, 0.05) is 29.9 Å². The molecule has 1 unspecified atom stereocenters. The number of benzene rings is 2. The van der Waals surface area contributed by atoms with Crippen LogP contribution in [0.25, 0.3) is 10.1 Å². The third-order valence-corrected chi connectivity index (χ3v) is 5.42. The van der Waals surface area contributed by atoms with Crippen LogP contribution in [0.4, 0.5) is 0 Å². The molecule has 4 rings (SSSR count). The van der Waals surface area contributed by atoms with Gasteiger partial charge in [0.15, 0.2) is 0 Å². The van der Waals surface area contributed by atoms with Crippen molar-refractivity contribution in [2.24, 2.45) is 0 Å². The highest BCUT2D eigenvalue weighted by Crippen LogP contribution is 2.46. The minimum atomic E-state index is -1.47. The van der Waals surface area contributed by atoms with Crippen LogP contribution in [0, 0.1) is 0 Å². The van der Waals surface area contributed by atoms with E-state index in [4.69, 9.17) is 0 Å². The number of fused-ring (bicyclic) bond motifs is 2. The average Bonchev–Trinajstić information content (AvgIpc) is 3.07. The topological polar surface area (TPSA) is 43.8 Å². The molecule has 1 atom stereocenters. The van der Waals surface area contributed by atoms with Gasteiger partial charge in [0.25, 0.3) is 5.91 Å². The molecule has 0 spiro atoms. The maximum atomic E-state index is 12.8. The lowest BCUT2D eigenvalue weighted by Gasteiger charge is -2.37. The second-order valence-electron chi connectivity index (χ2n) is 5.83.